The number of hydrogen-bond acceptors (Lipinski definition) is 5. The van der Waals surface area contributed by atoms with Crippen LogP contribution >= 0.6 is 0 Å². The standard InChI is InChI=1S/C34H55NO4/c1-22(2)10-9-11-23(3)24-14-18-34(8)26-12-13-28-31(4,5)29(39-30(37)27(35)20-38-21-36)16-17-32(28,6)25(26)15-19-33(24,34)7/h10,21,23-24,27-29H,9,11-20,35H2,1-8H3/t23-,24-,27+,28?,29+,32-,33-,34+/m1/s1. The van der Waals surface area contributed by atoms with Crippen LogP contribution in [0.2, 0.25) is 0 Å². The Kier molecular flexibility index (Phi) is 8.55. The van der Waals surface area contributed by atoms with Crippen molar-refractivity contribution in [3.8, 4) is 0 Å². The molecule has 5 heteroatoms. The number of esters is 1. The largest absolute Gasteiger partial charge is 0.466 e. The molecule has 1 unspecified atom stereocenters. The lowest BCUT2D eigenvalue weighted by atomic mass is 9.43. The lowest BCUT2D eigenvalue weighted by Gasteiger charge is -2.62. The molecule has 0 amide bonds. The van der Waals surface area contributed by atoms with E-state index in [0.29, 0.717) is 23.2 Å². The predicted molar refractivity (Wildman–Crippen MR) is 157 cm³/mol. The number of rotatable bonds is 9. The molecule has 0 saturated heterocycles. The van der Waals surface area contributed by atoms with Gasteiger partial charge in [0.25, 0.3) is 6.47 Å². The minimum atomic E-state index is -0.935. The molecule has 2 N–H and O–H groups in total. The minimum Gasteiger partial charge on any atom is -0.466 e. The maximum Gasteiger partial charge on any atom is 0.326 e. The summed E-state index contributed by atoms with van der Waals surface area (Å²) in [5, 5.41) is 0. The summed E-state index contributed by atoms with van der Waals surface area (Å²) in [6, 6.07) is -0.935. The predicted octanol–water partition coefficient (Wildman–Crippen LogP) is 7.53. The molecule has 220 valence electrons. The molecule has 39 heavy (non-hydrogen) atoms. The first-order chi connectivity index (χ1) is 18.2. The first-order valence-corrected chi connectivity index (χ1v) is 15.6. The van der Waals surface area contributed by atoms with Crippen molar-refractivity contribution in [3.63, 3.8) is 0 Å². The fourth-order valence-corrected chi connectivity index (χ4v) is 10.1. The van der Waals surface area contributed by atoms with Crippen molar-refractivity contribution >= 4 is 12.4 Å². The monoisotopic (exact) mass is 541 g/mol. The fraction of sp³-hybridized carbons (Fsp3) is 0.824. The van der Waals surface area contributed by atoms with Gasteiger partial charge in [-0.05, 0) is 112 Å². The van der Waals surface area contributed by atoms with E-state index in [1.807, 2.05) is 0 Å². The summed E-state index contributed by atoms with van der Waals surface area (Å²) in [4.78, 5) is 23.2. The molecule has 0 aromatic carbocycles. The highest BCUT2D eigenvalue weighted by Gasteiger charge is 2.63. The van der Waals surface area contributed by atoms with Crippen molar-refractivity contribution in [2.24, 2.45) is 45.1 Å². The molecular weight excluding hydrogens is 486 g/mol. The number of fused-ring (bicyclic) bond motifs is 4. The molecule has 5 nitrogen and oxygen atoms in total. The van der Waals surface area contributed by atoms with Crippen molar-refractivity contribution in [2.45, 2.75) is 132 Å². The molecule has 4 aliphatic carbocycles. The maximum absolute atomic E-state index is 12.7. The van der Waals surface area contributed by atoms with Crippen LogP contribution in [0, 0.1) is 39.4 Å². The van der Waals surface area contributed by atoms with Gasteiger partial charge in [0, 0.05) is 5.41 Å². The Labute approximate surface area is 237 Å². The highest BCUT2D eigenvalue weighted by atomic mass is 16.6. The van der Waals surface area contributed by atoms with Gasteiger partial charge in [-0.15, -0.1) is 0 Å². The van der Waals surface area contributed by atoms with Gasteiger partial charge in [-0.2, -0.15) is 0 Å². The van der Waals surface area contributed by atoms with Crippen molar-refractivity contribution in [1.29, 1.82) is 0 Å². The summed E-state index contributed by atoms with van der Waals surface area (Å²) in [5.41, 5.74) is 11.6. The van der Waals surface area contributed by atoms with Gasteiger partial charge in [0.15, 0.2) is 0 Å². The quantitative estimate of drug-likeness (QED) is 0.185. The number of allylic oxidation sites excluding steroid dienone is 4. The fourth-order valence-electron chi connectivity index (χ4n) is 10.1. The van der Waals surface area contributed by atoms with Gasteiger partial charge < -0.3 is 15.2 Å². The summed E-state index contributed by atoms with van der Waals surface area (Å²) < 4.78 is 10.7. The Balaban J connectivity index is 1.55. The van der Waals surface area contributed by atoms with E-state index in [-0.39, 0.29) is 23.5 Å². The number of carbonyl (C=O) groups is 2. The molecule has 2 fully saturated rings. The summed E-state index contributed by atoms with van der Waals surface area (Å²) >= 11 is 0. The highest BCUT2D eigenvalue weighted by Crippen LogP contribution is 2.72. The van der Waals surface area contributed by atoms with Crippen LogP contribution in [-0.2, 0) is 19.1 Å². The summed E-state index contributed by atoms with van der Waals surface area (Å²) in [6.07, 6.45) is 14.2. The second-order valence-corrected chi connectivity index (χ2v) is 15.0. The van der Waals surface area contributed by atoms with E-state index in [0.717, 1.165) is 31.1 Å². The van der Waals surface area contributed by atoms with Crippen molar-refractivity contribution in [2.75, 3.05) is 6.61 Å². The van der Waals surface area contributed by atoms with Crippen LogP contribution in [0.5, 0.6) is 0 Å². The Morgan fingerprint density at radius 1 is 1.03 bits per heavy atom. The highest BCUT2D eigenvalue weighted by molar-refractivity contribution is 5.76. The van der Waals surface area contributed by atoms with Crippen molar-refractivity contribution in [1.82, 2.24) is 0 Å². The zero-order valence-electron chi connectivity index (χ0n) is 26.0. The Morgan fingerprint density at radius 3 is 2.41 bits per heavy atom. The third-order valence-corrected chi connectivity index (χ3v) is 12.5. The summed E-state index contributed by atoms with van der Waals surface area (Å²) in [7, 11) is 0. The zero-order valence-corrected chi connectivity index (χ0v) is 26.0. The summed E-state index contributed by atoms with van der Waals surface area (Å²) in [6.45, 7) is 19.5. The van der Waals surface area contributed by atoms with E-state index < -0.39 is 12.0 Å². The van der Waals surface area contributed by atoms with E-state index in [2.05, 4.69) is 61.5 Å². The average molecular weight is 542 g/mol. The molecule has 2 saturated carbocycles. The number of ether oxygens (including phenoxy) is 2. The van der Waals surface area contributed by atoms with Crippen LogP contribution in [0.1, 0.15) is 120 Å². The normalized spacial score (nSPS) is 38.5. The van der Waals surface area contributed by atoms with Gasteiger partial charge in [0.2, 0.25) is 0 Å². The van der Waals surface area contributed by atoms with Crippen LogP contribution in [0.3, 0.4) is 0 Å². The first-order valence-electron chi connectivity index (χ1n) is 15.6. The van der Waals surface area contributed by atoms with Crippen LogP contribution in [0.4, 0.5) is 0 Å². The lowest BCUT2D eigenvalue weighted by Crippen LogP contribution is -2.56. The molecule has 0 aromatic rings. The molecule has 0 spiro atoms. The van der Waals surface area contributed by atoms with Gasteiger partial charge in [-0.1, -0.05) is 64.3 Å². The van der Waals surface area contributed by atoms with Gasteiger partial charge in [-0.3, -0.25) is 9.59 Å². The van der Waals surface area contributed by atoms with Crippen molar-refractivity contribution < 1.29 is 19.1 Å². The van der Waals surface area contributed by atoms with Gasteiger partial charge in [0.05, 0.1) is 0 Å². The third kappa shape index (κ3) is 5.04. The SMILES string of the molecule is CC(C)=CCC[C@@H](C)[C@H]1CC[C@@]2(C)C3=C(CC[C@]12C)[C@@]1(C)CC[C@H](OC(=O)[C@@H](N)COC=O)C(C)(C)C1CC3. The smallest absolute Gasteiger partial charge is 0.326 e. The van der Waals surface area contributed by atoms with E-state index in [9.17, 15) is 9.59 Å². The lowest BCUT2D eigenvalue weighted by molar-refractivity contribution is -0.172. The van der Waals surface area contributed by atoms with Crippen LogP contribution < -0.4 is 5.73 Å². The minimum absolute atomic E-state index is 0.140. The van der Waals surface area contributed by atoms with E-state index >= 15 is 0 Å². The average Bonchev–Trinajstić information content (AvgIpc) is 3.15. The first kappa shape index (κ1) is 30.3. The summed E-state index contributed by atoms with van der Waals surface area (Å²) in [5.74, 6) is 1.55. The number of hydrogen-bond donors (Lipinski definition) is 1. The van der Waals surface area contributed by atoms with Crippen molar-refractivity contribution in [3.05, 3.63) is 22.8 Å². The molecule has 4 aliphatic rings. The molecule has 0 radical (unpaired) electrons. The number of nitrogens with two attached hydrogens (primary N) is 1. The number of carbonyl (C=O) groups excluding carboxylic acids is 2. The van der Waals surface area contributed by atoms with Gasteiger partial charge in [-0.25, -0.2) is 0 Å². The van der Waals surface area contributed by atoms with Crippen LogP contribution in [-0.4, -0.2) is 31.2 Å². The second kappa shape index (κ2) is 11.0. The third-order valence-electron chi connectivity index (χ3n) is 12.5. The Bertz CT molecular complexity index is 1010. The molecule has 0 heterocycles. The van der Waals surface area contributed by atoms with E-state index in [4.69, 9.17) is 15.2 Å². The topological polar surface area (TPSA) is 78.6 Å². The van der Waals surface area contributed by atoms with Gasteiger partial charge in [0.1, 0.15) is 18.8 Å². The molecular formula is C34H55NO4. The van der Waals surface area contributed by atoms with Crippen LogP contribution in [0.25, 0.3) is 0 Å². The Morgan fingerprint density at radius 2 is 1.74 bits per heavy atom. The Hall–Kier alpha value is -1.62. The van der Waals surface area contributed by atoms with E-state index in [1.165, 1.54) is 50.5 Å². The molecule has 0 bridgehead atoms. The maximum atomic E-state index is 12.7. The molecule has 4 rings (SSSR count). The van der Waals surface area contributed by atoms with Crippen LogP contribution in [0.15, 0.2) is 22.8 Å². The molecule has 0 aromatic heterocycles. The van der Waals surface area contributed by atoms with E-state index in [1.54, 1.807) is 11.1 Å². The second-order valence-electron chi connectivity index (χ2n) is 15.0. The zero-order chi connectivity index (χ0) is 28.8. The van der Waals surface area contributed by atoms with Gasteiger partial charge >= 0.3 is 5.97 Å². The molecule has 8 atom stereocenters. The molecule has 0 aliphatic heterocycles.